The molecule has 2 aliphatic rings. The summed E-state index contributed by atoms with van der Waals surface area (Å²) in [5, 5.41) is 4.02. The molecule has 0 aromatic carbocycles. The number of ketones is 1. The van der Waals surface area contributed by atoms with Crippen LogP contribution in [0.15, 0.2) is 29.0 Å². The molecule has 3 nitrogen and oxygen atoms in total. The summed E-state index contributed by atoms with van der Waals surface area (Å²) in [6.45, 7) is 5.71. The van der Waals surface area contributed by atoms with E-state index in [-0.39, 0.29) is 11.9 Å². The average Bonchev–Trinajstić information content (AvgIpc) is 2.53. The minimum Gasteiger partial charge on any atom is -0.392 e. The molecule has 0 N–H and O–H groups in total. The highest BCUT2D eigenvalue weighted by molar-refractivity contribution is 6.00. The highest BCUT2D eigenvalue weighted by atomic mass is 16.6. The first-order chi connectivity index (χ1) is 7.09. The van der Waals surface area contributed by atoms with Crippen LogP contribution in [0.4, 0.5) is 0 Å². The second kappa shape index (κ2) is 3.65. The minimum absolute atomic E-state index is 0.0912. The maximum absolute atomic E-state index is 11.1. The molecule has 2 rings (SSSR count). The minimum atomic E-state index is 0.0912. The molecule has 0 bridgehead atoms. The van der Waals surface area contributed by atoms with Crippen molar-refractivity contribution in [2.45, 2.75) is 26.9 Å². The van der Waals surface area contributed by atoms with Crippen molar-refractivity contribution in [1.29, 1.82) is 0 Å². The topological polar surface area (TPSA) is 38.7 Å². The molecule has 1 heterocycles. The first-order valence-electron chi connectivity index (χ1n) is 5.23. The van der Waals surface area contributed by atoms with Crippen LogP contribution in [0, 0.1) is 11.8 Å². The highest BCUT2D eigenvalue weighted by Crippen LogP contribution is 2.35. The van der Waals surface area contributed by atoms with Crippen LogP contribution < -0.4 is 0 Å². The molecule has 3 unspecified atom stereocenters. The van der Waals surface area contributed by atoms with E-state index in [0.29, 0.717) is 11.8 Å². The first kappa shape index (κ1) is 10.1. The predicted octanol–water partition coefficient (Wildman–Crippen LogP) is 2.10. The van der Waals surface area contributed by atoms with Crippen molar-refractivity contribution in [2.75, 3.05) is 0 Å². The van der Waals surface area contributed by atoms with Crippen LogP contribution in [0.25, 0.3) is 0 Å². The van der Waals surface area contributed by atoms with E-state index in [1.165, 1.54) is 0 Å². The van der Waals surface area contributed by atoms with Crippen LogP contribution in [0.2, 0.25) is 0 Å². The lowest BCUT2D eigenvalue weighted by Gasteiger charge is -2.26. The molecular formula is C12H15NO2. The Labute approximate surface area is 89.5 Å². The number of nitrogens with zero attached hydrogens (tertiary/aromatic N) is 1. The Morgan fingerprint density at radius 2 is 2.20 bits per heavy atom. The smallest absolute Gasteiger partial charge is 0.152 e. The lowest BCUT2D eigenvalue weighted by atomic mass is 9.77. The van der Waals surface area contributed by atoms with Gasteiger partial charge in [-0.05, 0) is 37.5 Å². The van der Waals surface area contributed by atoms with Gasteiger partial charge in [0, 0.05) is 0 Å². The number of allylic oxidation sites excluding steroid dienone is 4. The van der Waals surface area contributed by atoms with E-state index < -0.39 is 0 Å². The van der Waals surface area contributed by atoms with Crippen molar-refractivity contribution in [3.05, 3.63) is 23.8 Å². The fraction of sp³-hybridized carbons (Fsp3) is 0.500. The zero-order valence-electron chi connectivity index (χ0n) is 9.23. The summed E-state index contributed by atoms with van der Waals surface area (Å²) in [7, 11) is 0. The number of oxime groups is 1. The Morgan fingerprint density at radius 3 is 2.87 bits per heavy atom. The summed E-state index contributed by atoms with van der Waals surface area (Å²) in [5.74, 6) is 0.684. The number of rotatable bonds is 1. The van der Waals surface area contributed by atoms with Crippen molar-refractivity contribution in [2.24, 2.45) is 17.0 Å². The first-order valence-corrected chi connectivity index (χ1v) is 5.23. The van der Waals surface area contributed by atoms with Gasteiger partial charge in [0.1, 0.15) is 6.10 Å². The summed E-state index contributed by atoms with van der Waals surface area (Å²) in [6, 6.07) is 0. The van der Waals surface area contributed by atoms with Gasteiger partial charge in [0.25, 0.3) is 0 Å². The van der Waals surface area contributed by atoms with Crippen molar-refractivity contribution >= 4 is 11.5 Å². The fourth-order valence-corrected chi connectivity index (χ4v) is 2.27. The van der Waals surface area contributed by atoms with E-state index in [0.717, 1.165) is 11.3 Å². The van der Waals surface area contributed by atoms with E-state index in [1.807, 2.05) is 19.1 Å². The molecule has 1 aliphatic carbocycles. The van der Waals surface area contributed by atoms with Crippen LogP contribution in [0.3, 0.4) is 0 Å². The standard InChI is InChI=1S/C12H15NO2/c1-7(14)6-10-4-5-11-12(8(10)2)9(3)15-13-11/h4-6,8-9,12H,1-3H3/b10-6+. The van der Waals surface area contributed by atoms with Crippen molar-refractivity contribution < 1.29 is 9.63 Å². The third-order valence-corrected chi connectivity index (χ3v) is 3.05. The van der Waals surface area contributed by atoms with E-state index in [9.17, 15) is 4.79 Å². The Hall–Kier alpha value is -1.38. The van der Waals surface area contributed by atoms with Gasteiger partial charge >= 0.3 is 0 Å². The lowest BCUT2D eigenvalue weighted by molar-refractivity contribution is -0.112. The Kier molecular flexibility index (Phi) is 2.47. The average molecular weight is 205 g/mol. The van der Waals surface area contributed by atoms with Gasteiger partial charge in [-0.15, -0.1) is 0 Å². The molecule has 3 heteroatoms. The molecule has 3 atom stereocenters. The molecule has 0 amide bonds. The fourth-order valence-electron chi connectivity index (χ4n) is 2.27. The molecule has 15 heavy (non-hydrogen) atoms. The number of fused-ring (bicyclic) bond motifs is 1. The lowest BCUT2D eigenvalue weighted by Crippen LogP contribution is -2.30. The molecule has 0 radical (unpaired) electrons. The van der Waals surface area contributed by atoms with Crippen LogP contribution >= 0.6 is 0 Å². The van der Waals surface area contributed by atoms with E-state index >= 15 is 0 Å². The quantitative estimate of drug-likeness (QED) is 0.615. The van der Waals surface area contributed by atoms with Gasteiger partial charge in [-0.25, -0.2) is 0 Å². The number of hydrogen-bond donors (Lipinski definition) is 0. The molecule has 0 aromatic rings. The second-order valence-corrected chi connectivity index (χ2v) is 4.23. The maximum atomic E-state index is 11.1. The van der Waals surface area contributed by atoms with Crippen LogP contribution in [0.1, 0.15) is 20.8 Å². The third kappa shape index (κ3) is 1.74. The molecule has 0 saturated carbocycles. The largest absolute Gasteiger partial charge is 0.392 e. The van der Waals surface area contributed by atoms with Gasteiger partial charge in [-0.3, -0.25) is 4.79 Å². The maximum Gasteiger partial charge on any atom is 0.152 e. The highest BCUT2D eigenvalue weighted by Gasteiger charge is 2.37. The Morgan fingerprint density at radius 1 is 1.47 bits per heavy atom. The summed E-state index contributed by atoms with van der Waals surface area (Å²) in [5.41, 5.74) is 2.07. The summed E-state index contributed by atoms with van der Waals surface area (Å²) >= 11 is 0. The van der Waals surface area contributed by atoms with Gasteiger partial charge in [0.15, 0.2) is 5.78 Å². The molecule has 0 spiro atoms. The van der Waals surface area contributed by atoms with Gasteiger partial charge in [0.2, 0.25) is 0 Å². The van der Waals surface area contributed by atoms with Crippen molar-refractivity contribution in [3.63, 3.8) is 0 Å². The summed E-state index contributed by atoms with van der Waals surface area (Å²) in [4.78, 5) is 16.3. The van der Waals surface area contributed by atoms with E-state index in [1.54, 1.807) is 13.0 Å². The molecule has 0 aromatic heterocycles. The van der Waals surface area contributed by atoms with Gasteiger partial charge in [-0.2, -0.15) is 0 Å². The Bertz CT molecular complexity index is 379. The molecule has 0 fully saturated rings. The van der Waals surface area contributed by atoms with Gasteiger partial charge in [0.05, 0.1) is 11.6 Å². The molecular weight excluding hydrogens is 190 g/mol. The Balaban J connectivity index is 2.32. The zero-order valence-corrected chi connectivity index (χ0v) is 9.23. The number of carbonyl (C=O) groups excluding carboxylic acids is 1. The zero-order chi connectivity index (χ0) is 11.0. The monoisotopic (exact) mass is 205 g/mol. The summed E-state index contributed by atoms with van der Waals surface area (Å²) < 4.78 is 0. The molecule has 0 saturated heterocycles. The summed E-state index contributed by atoms with van der Waals surface area (Å²) in [6.07, 6.45) is 5.71. The predicted molar refractivity (Wildman–Crippen MR) is 58.5 cm³/mol. The van der Waals surface area contributed by atoms with E-state index in [2.05, 4.69) is 12.1 Å². The van der Waals surface area contributed by atoms with Crippen LogP contribution in [0.5, 0.6) is 0 Å². The molecule has 1 aliphatic heterocycles. The van der Waals surface area contributed by atoms with Crippen LogP contribution in [-0.4, -0.2) is 17.6 Å². The normalized spacial score (nSPS) is 36.1. The van der Waals surface area contributed by atoms with Gasteiger partial charge in [-0.1, -0.05) is 18.2 Å². The van der Waals surface area contributed by atoms with E-state index in [4.69, 9.17) is 4.84 Å². The number of carbonyl (C=O) groups is 1. The van der Waals surface area contributed by atoms with Crippen molar-refractivity contribution in [3.8, 4) is 0 Å². The van der Waals surface area contributed by atoms with Crippen LogP contribution in [-0.2, 0) is 9.63 Å². The SMILES string of the molecule is CC(=O)/C=C1\C=CC2=NOC(C)C2C1C. The molecule has 80 valence electrons. The second-order valence-electron chi connectivity index (χ2n) is 4.23. The number of hydrogen-bond acceptors (Lipinski definition) is 3. The van der Waals surface area contributed by atoms with Crippen molar-refractivity contribution in [1.82, 2.24) is 0 Å². The van der Waals surface area contributed by atoms with Gasteiger partial charge < -0.3 is 4.84 Å². The third-order valence-electron chi connectivity index (χ3n) is 3.05.